The molecule has 0 aromatic heterocycles. The molecular weight excluding hydrogens is 322 g/mol. The minimum Gasteiger partial charge on any atom is -0.493 e. The Morgan fingerprint density at radius 2 is 2.04 bits per heavy atom. The molecule has 140 valence electrons. The number of aliphatic hydroxyl groups excluding tert-OH is 1. The van der Waals surface area contributed by atoms with Crippen molar-refractivity contribution in [2.75, 3.05) is 34.0 Å². The first kappa shape index (κ1) is 19.5. The highest BCUT2D eigenvalue weighted by Gasteiger charge is 2.36. The van der Waals surface area contributed by atoms with Crippen LogP contribution in [0.4, 0.5) is 0 Å². The molecule has 2 rings (SSSR count). The molecule has 1 saturated heterocycles. The lowest BCUT2D eigenvalue weighted by Gasteiger charge is -2.41. The van der Waals surface area contributed by atoms with Crippen molar-refractivity contribution in [3.8, 4) is 11.5 Å². The van der Waals surface area contributed by atoms with Crippen LogP contribution >= 0.6 is 0 Å². The smallest absolute Gasteiger partial charge is 0.223 e. The van der Waals surface area contributed by atoms with Crippen LogP contribution in [0, 0.1) is 5.92 Å². The van der Waals surface area contributed by atoms with E-state index in [2.05, 4.69) is 13.8 Å². The minimum atomic E-state index is -0.449. The van der Waals surface area contributed by atoms with Crippen LogP contribution in [0.1, 0.15) is 38.3 Å². The molecular formula is C19H29NO5. The van der Waals surface area contributed by atoms with E-state index in [9.17, 15) is 9.90 Å². The summed E-state index contributed by atoms with van der Waals surface area (Å²) in [5, 5.41) is 9.75. The van der Waals surface area contributed by atoms with E-state index in [1.165, 1.54) is 0 Å². The summed E-state index contributed by atoms with van der Waals surface area (Å²) in [6, 6.07) is 5.22. The van der Waals surface area contributed by atoms with Gasteiger partial charge in [0, 0.05) is 13.0 Å². The number of carbonyl (C=O) groups excluding carboxylic acids is 1. The number of carbonyl (C=O) groups is 1. The van der Waals surface area contributed by atoms with Crippen LogP contribution in [0.15, 0.2) is 18.2 Å². The van der Waals surface area contributed by atoms with E-state index in [4.69, 9.17) is 14.2 Å². The molecule has 0 aliphatic carbocycles. The van der Waals surface area contributed by atoms with Crippen LogP contribution in [-0.4, -0.2) is 56.0 Å². The second-order valence-electron chi connectivity index (χ2n) is 6.67. The van der Waals surface area contributed by atoms with Gasteiger partial charge in [0.05, 0.1) is 33.5 Å². The largest absolute Gasteiger partial charge is 0.493 e. The van der Waals surface area contributed by atoms with Gasteiger partial charge in [0.15, 0.2) is 11.5 Å². The zero-order chi connectivity index (χ0) is 18.4. The number of benzene rings is 1. The van der Waals surface area contributed by atoms with Crippen molar-refractivity contribution in [1.82, 2.24) is 4.90 Å². The topological polar surface area (TPSA) is 68.2 Å². The van der Waals surface area contributed by atoms with Gasteiger partial charge in [-0.25, -0.2) is 0 Å². The van der Waals surface area contributed by atoms with E-state index >= 15 is 0 Å². The fourth-order valence-corrected chi connectivity index (χ4v) is 3.15. The Balaban J connectivity index is 2.31. The van der Waals surface area contributed by atoms with Crippen LogP contribution in [0.2, 0.25) is 0 Å². The Kier molecular flexibility index (Phi) is 7.08. The number of aliphatic hydroxyl groups is 1. The Bertz CT molecular complexity index is 575. The number of amides is 1. The Hall–Kier alpha value is -1.79. The molecule has 1 aromatic carbocycles. The summed E-state index contributed by atoms with van der Waals surface area (Å²) in [7, 11) is 3.16. The van der Waals surface area contributed by atoms with E-state index in [1.807, 2.05) is 23.1 Å². The van der Waals surface area contributed by atoms with Crippen molar-refractivity contribution in [1.29, 1.82) is 0 Å². The number of nitrogens with zero attached hydrogens (tertiary/aromatic N) is 1. The molecule has 1 aromatic rings. The summed E-state index contributed by atoms with van der Waals surface area (Å²) in [6.45, 7) is 5.02. The fourth-order valence-electron chi connectivity index (χ4n) is 3.15. The molecule has 0 radical (unpaired) electrons. The second-order valence-corrected chi connectivity index (χ2v) is 6.67. The number of morpholine rings is 1. The van der Waals surface area contributed by atoms with Gasteiger partial charge in [-0.15, -0.1) is 0 Å². The highest BCUT2D eigenvalue weighted by molar-refractivity contribution is 5.77. The van der Waals surface area contributed by atoms with E-state index in [0.29, 0.717) is 37.0 Å². The van der Waals surface area contributed by atoms with Crippen LogP contribution in [-0.2, 0) is 9.53 Å². The molecule has 1 N–H and O–H groups in total. The zero-order valence-electron chi connectivity index (χ0n) is 15.5. The molecule has 1 fully saturated rings. The normalized spacial score (nSPS) is 20.6. The number of methoxy groups -OCH3 is 2. The maximum Gasteiger partial charge on any atom is 0.223 e. The zero-order valence-corrected chi connectivity index (χ0v) is 15.5. The predicted octanol–water partition coefficient (Wildman–Crippen LogP) is 2.40. The van der Waals surface area contributed by atoms with Crippen LogP contribution in [0.3, 0.4) is 0 Å². The first-order valence-corrected chi connectivity index (χ1v) is 8.75. The third kappa shape index (κ3) is 4.64. The molecule has 6 nitrogen and oxygen atoms in total. The molecule has 0 unspecified atom stereocenters. The second kappa shape index (κ2) is 9.06. The lowest BCUT2D eigenvalue weighted by Crippen LogP contribution is -2.49. The third-order valence-electron chi connectivity index (χ3n) is 4.54. The van der Waals surface area contributed by atoms with Crippen molar-refractivity contribution < 1.29 is 24.1 Å². The van der Waals surface area contributed by atoms with Gasteiger partial charge in [-0.1, -0.05) is 19.9 Å². The molecule has 1 aliphatic rings. The summed E-state index contributed by atoms with van der Waals surface area (Å²) >= 11 is 0. The number of rotatable bonds is 7. The van der Waals surface area contributed by atoms with Crippen molar-refractivity contribution in [3.05, 3.63) is 23.8 Å². The summed E-state index contributed by atoms with van der Waals surface area (Å²) in [4.78, 5) is 14.6. The molecule has 1 aliphatic heterocycles. The maximum absolute atomic E-state index is 12.8. The number of ether oxygens (including phenoxy) is 3. The lowest BCUT2D eigenvalue weighted by atomic mass is 9.96. The van der Waals surface area contributed by atoms with Gasteiger partial charge in [-0.05, 0) is 30.0 Å². The maximum atomic E-state index is 12.8. The van der Waals surface area contributed by atoms with Gasteiger partial charge in [0.25, 0.3) is 0 Å². The lowest BCUT2D eigenvalue weighted by molar-refractivity contribution is -0.150. The van der Waals surface area contributed by atoms with Gasteiger partial charge in [0.1, 0.15) is 6.10 Å². The van der Waals surface area contributed by atoms with E-state index in [0.717, 1.165) is 12.0 Å². The Labute approximate surface area is 149 Å². The summed E-state index contributed by atoms with van der Waals surface area (Å²) in [6.07, 6.45) is 0.896. The van der Waals surface area contributed by atoms with Gasteiger partial charge in [-0.2, -0.15) is 0 Å². The first-order valence-electron chi connectivity index (χ1n) is 8.75. The van der Waals surface area contributed by atoms with Crippen molar-refractivity contribution in [3.63, 3.8) is 0 Å². The summed E-state index contributed by atoms with van der Waals surface area (Å²) < 4.78 is 16.4. The van der Waals surface area contributed by atoms with Crippen LogP contribution < -0.4 is 9.47 Å². The molecule has 1 heterocycles. The van der Waals surface area contributed by atoms with Crippen molar-refractivity contribution >= 4 is 5.91 Å². The van der Waals surface area contributed by atoms with E-state index < -0.39 is 6.10 Å². The molecule has 6 heteroatoms. The van der Waals surface area contributed by atoms with Crippen LogP contribution in [0.25, 0.3) is 0 Å². The van der Waals surface area contributed by atoms with Crippen molar-refractivity contribution in [2.24, 2.45) is 5.92 Å². The van der Waals surface area contributed by atoms with Gasteiger partial charge in [-0.3, -0.25) is 4.79 Å². The fraction of sp³-hybridized carbons (Fsp3) is 0.632. The highest BCUT2D eigenvalue weighted by Crippen LogP contribution is 2.36. The summed E-state index contributed by atoms with van der Waals surface area (Å²) in [5.41, 5.74) is 0.870. The van der Waals surface area contributed by atoms with E-state index in [1.54, 1.807) is 14.2 Å². The standard InChI is InChI=1S/C19H29NO5/c1-13(2)5-8-18(22)20-9-10-25-17(12-21)19(20)14-6-7-15(23-3)16(11-14)24-4/h6-7,11,13,17,19,21H,5,8-10,12H2,1-4H3/t17-,19-/m1/s1. The Morgan fingerprint density at radius 3 is 2.64 bits per heavy atom. The van der Waals surface area contributed by atoms with Crippen LogP contribution in [0.5, 0.6) is 11.5 Å². The van der Waals surface area contributed by atoms with E-state index in [-0.39, 0.29) is 18.6 Å². The quantitative estimate of drug-likeness (QED) is 0.817. The van der Waals surface area contributed by atoms with Gasteiger partial charge in [0.2, 0.25) is 5.91 Å². The third-order valence-corrected chi connectivity index (χ3v) is 4.54. The minimum absolute atomic E-state index is 0.0928. The monoisotopic (exact) mass is 351 g/mol. The van der Waals surface area contributed by atoms with Gasteiger partial charge < -0.3 is 24.2 Å². The van der Waals surface area contributed by atoms with Crippen molar-refractivity contribution in [2.45, 2.75) is 38.8 Å². The average Bonchev–Trinajstić information content (AvgIpc) is 2.64. The first-order chi connectivity index (χ1) is 12.0. The van der Waals surface area contributed by atoms with Gasteiger partial charge >= 0.3 is 0 Å². The molecule has 0 spiro atoms. The number of hydrogen-bond donors (Lipinski definition) is 1. The molecule has 0 bridgehead atoms. The predicted molar refractivity (Wildman–Crippen MR) is 94.9 cm³/mol. The summed E-state index contributed by atoms with van der Waals surface area (Å²) in [5.74, 6) is 1.78. The molecule has 0 saturated carbocycles. The molecule has 25 heavy (non-hydrogen) atoms. The molecule has 1 amide bonds. The molecule has 2 atom stereocenters. The highest BCUT2D eigenvalue weighted by atomic mass is 16.5. The Morgan fingerprint density at radius 1 is 1.32 bits per heavy atom. The average molecular weight is 351 g/mol. The SMILES string of the molecule is COc1ccc([C@@H]2[C@@H](CO)OCCN2C(=O)CCC(C)C)cc1OC. The number of hydrogen-bond acceptors (Lipinski definition) is 5.